The molecule has 1 aromatic carbocycles. The molecule has 19 heavy (non-hydrogen) atoms. The normalized spacial score (nSPS) is 13.0. The molecule has 1 N–H and O–H groups in total. The molecule has 0 aliphatic rings. The molecule has 1 atom stereocenters. The van der Waals surface area contributed by atoms with Crippen molar-refractivity contribution < 1.29 is 4.42 Å². The maximum Gasteiger partial charge on any atom is 0.128 e. The Kier molecular flexibility index (Phi) is 3.48. The molecule has 0 amide bonds. The van der Waals surface area contributed by atoms with Crippen molar-refractivity contribution in [1.82, 2.24) is 5.32 Å². The van der Waals surface area contributed by atoms with Crippen LogP contribution in [0.1, 0.15) is 22.9 Å². The molecule has 0 radical (unpaired) electrons. The third kappa shape index (κ3) is 2.14. The van der Waals surface area contributed by atoms with E-state index in [1.54, 1.807) is 17.6 Å². The average molecular weight is 336 g/mol. The fraction of sp³-hybridized carbons (Fsp3) is 0.200. The summed E-state index contributed by atoms with van der Waals surface area (Å²) in [5, 5.41) is 6.84. The number of fused-ring (bicyclic) bond motifs is 1. The van der Waals surface area contributed by atoms with Gasteiger partial charge in [-0.2, -0.15) is 0 Å². The van der Waals surface area contributed by atoms with Gasteiger partial charge >= 0.3 is 0 Å². The SMILES string of the molecule is CNC(c1occc1C)c1csc2c(Br)cccc12. The molecule has 0 saturated heterocycles. The summed E-state index contributed by atoms with van der Waals surface area (Å²) < 4.78 is 8.08. The fourth-order valence-corrected chi connectivity index (χ4v) is 4.02. The highest BCUT2D eigenvalue weighted by molar-refractivity contribution is 9.10. The lowest BCUT2D eigenvalue weighted by molar-refractivity contribution is 0.462. The molecular formula is C15H14BrNOS. The number of hydrogen-bond donors (Lipinski definition) is 1. The third-order valence-electron chi connectivity index (χ3n) is 3.35. The Hall–Kier alpha value is -1.10. The Labute approximate surface area is 124 Å². The van der Waals surface area contributed by atoms with Crippen LogP contribution in [0.15, 0.2) is 44.8 Å². The van der Waals surface area contributed by atoms with Crippen molar-refractivity contribution in [3.63, 3.8) is 0 Å². The second-order valence-corrected chi connectivity index (χ2v) is 6.23. The molecule has 3 rings (SSSR count). The van der Waals surface area contributed by atoms with E-state index in [-0.39, 0.29) is 6.04 Å². The number of aryl methyl sites for hydroxylation is 1. The minimum atomic E-state index is 0.0954. The van der Waals surface area contributed by atoms with E-state index in [4.69, 9.17) is 4.42 Å². The van der Waals surface area contributed by atoms with Gasteiger partial charge in [-0.1, -0.05) is 12.1 Å². The number of hydrogen-bond acceptors (Lipinski definition) is 3. The van der Waals surface area contributed by atoms with Crippen molar-refractivity contribution in [3.05, 3.63) is 57.3 Å². The second-order valence-electron chi connectivity index (χ2n) is 4.50. The Morgan fingerprint density at radius 1 is 1.32 bits per heavy atom. The monoisotopic (exact) mass is 335 g/mol. The maximum absolute atomic E-state index is 5.65. The highest BCUT2D eigenvalue weighted by Crippen LogP contribution is 2.37. The van der Waals surface area contributed by atoms with E-state index >= 15 is 0 Å². The first-order valence-corrected chi connectivity index (χ1v) is 7.76. The lowest BCUT2D eigenvalue weighted by Gasteiger charge is -2.14. The van der Waals surface area contributed by atoms with Crippen molar-refractivity contribution in [3.8, 4) is 0 Å². The van der Waals surface area contributed by atoms with Crippen LogP contribution in [0.2, 0.25) is 0 Å². The van der Waals surface area contributed by atoms with Gasteiger partial charge in [0.05, 0.1) is 12.3 Å². The first-order valence-electron chi connectivity index (χ1n) is 6.09. The Balaban J connectivity index is 2.18. The van der Waals surface area contributed by atoms with E-state index in [2.05, 4.69) is 51.7 Å². The average Bonchev–Trinajstić information content (AvgIpc) is 3.00. The van der Waals surface area contributed by atoms with Crippen molar-refractivity contribution in [2.24, 2.45) is 0 Å². The van der Waals surface area contributed by atoms with Gasteiger partial charge in [0.2, 0.25) is 0 Å². The summed E-state index contributed by atoms with van der Waals surface area (Å²) in [5.74, 6) is 0.988. The van der Waals surface area contributed by atoms with E-state index in [9.17, 15) is 0 Å². The van der Waals surface area contributed by atoms with Crippen LogP contribution in [-0.4, -0.2) is 7.05 Å². The van der Waals surface area contributed by atoms with E-state index < -0.39 is 0 Å². The van der Waals surface area contributed by atoms with Crippen LogP contribution in [0.3, 0.4) is 0 Å². The zero-order valence-electron chi connectivity index (χ0n) is 10.7. The Morgan fingerprint density at radius 3 is 2.84 bits per heavy atom. The van der Waals surface area contributed by atoms with Crippen LogP contribution in [0.25, 0.3) is 10.1 Å². The maximum atomic E-state index is 5.65. The fourth-order valence-electron chi connectivity index (χ4n) is 2.37. The van der Waals surface area contributed by atoms with Crippen LogP contribution in [0.5, 0.6) is 0 Å². The molecule has 0 spiro atoms. The number of benzene rings is 1. The first-order chi connectivity index (χ1) is 9.22. The van der Waals surface area contributed by atoms with Gasteiger partial charge in [0.25, 0.3) is 0 Å². The molecule has 2 heterocycles. The van der Waals surface area contributed by atoms with Gasteiger partial charge in [0.15, 0.2) is 0 Å². The number of halogens is 1. The van der Waals surface area contributed by atoms with Gasteiger partial charge in [-0.3, -0.25) is 0 Å². The molecule has 1 unspecified atom stereocenters. The van der Waals surface area contributed by atoms with Crippen molar-refractivity contribution in [2.75, 3.05) is 7.05 Å². The molecule has 2 aromatic heterocycles. The minimum absolute atomic E-state index is 0.0954. The molecule has 0 fully saturated rings. The summed E-state index contributed by atoms with van der Waals surface area (Å²) in [4.78, 5) is 0. The molecule has 3 aromatic rings. The topological polar surface area (TPSA) is 25.2 Å². The van der Waals surface area contributed by atoms with Gasteiger partial charge in [-0.25, -0.2) is 0 Å². The zero-order valence-corrected chi connectivity index (χ0v) is 13.1. The van der Waals surface area contributed by atoms with Gasteiger partial charge in [-0.05, 0) is 63.9 Å². The summed E-state index contributed by atoms with van der Waals surface area (Å²) in [6, 6.07) is 8.41. The molecule has 4 heteroatoms. The summed E-state index contributed by atoms with van der Waals surface area (Å²) in [5.41, 5.74) is 2.44. The molecule has 0 aliphatic carbocycles. The van der Waals surface area contributed by atoms with Gasteiger partial charge in [-0.15, -0.1) is 11.3 Å². The first kappa shape index (κ1) is 12.9. The van der Waals surface area contributed by atoms with Gasteiger partial charge in [0.1, 0.15) is 5.76 Å². The molecule has 0 aliphatic heterocycles. The quantitative estimate of drug-likeness (QED) is 0.738. The Morgan fingerprint density at radius 2 is 2.16 bits per heavy atom. The molecule has 0 saturated carbocycles. The predicted molar refractivity (Wildman–Crippen MR) is 83.9 cm³/mol. The van der Waals surface area contributed by atoms with E-state index in [1.165, 1.54) is 21.2 Å². The smallest absolute Gasteiger partial charge is 0.128 e. The van der Waals surface area contributed by atoms with Gasteiger partial charge in [0, 0.05) is 9.17 Å². The summed E-state index contributed by atoms with van der Waals surface area (Å²) >= 11 is 5.37. The highest BCUT2D eigenvalue weighted by Gasteiger charge is 2.21. The van der Waals surface area contributed by atoms with Crippen LogP contribution in [0, 0.1) is 6.92 Å². The second kappa shape index (κ2) is 5.12. The molecular weight excluding hydrogens is 322 g/mol. The third-order valence-corrected chi connectivity index (χ3v) is 5.32. The predicted octanol–water partition coefficient (Wildman–Crippen LogP) is 4.87. The van der Waals surface area contributed by atoms with E-state index in [1.807, 2.05) is 13.1 Å². The lowest BCUT2D eigenvalue weighted by atomic mass is 10.0. The molecule has 0 bridgehead atoms. The Bertz CT molecular complexity index is 716. The van der Waals surface area contributed by atoms with Gasteiger partial charge < -0.3 is 9.73 Å². The van der Waals surface area contributed by atoms with Crippen LogP contribution in [0.4, 0.5) is 0 Å². The van der Waals surface area contributed by atoms with E-state index in [0.717, 1.165) is 10.2 Å². The van der Waals surface area contributed by atoms with Crippen LogP contribution in [-0.2, 0) is 0 Å². The van der Waals surface area contributed by atoms with E-state index in [0.29, 0.717) is 0 Å². The highest BCUT2D eigenvalue weighted by atomic mass is 79.9. The standard InChI is InChI=1S/C15H14BrNOS/c1-9-6-7-18-14(9)13(17-2)11-8-19-15-10(11)4-3-5-12(15)16/h3-8,13,17H,1-2H3. The number of furan rings is 1. The number of rotatable bonds is 3. The lowest BCUT2D eigenvalue weighted by Crippen LogP contribution is -2.17. The summed E-state index contributed by atoms with van der Waals surface area (Å²) in [6.07, 6.45) is 1.75. The van der Waals surface area contributed by atoms with Crippen molar-refractivity contribution >= 4 is 37.4 Å². The molecule has 98 valence electrons. The van der Waals surface area contributed by atoms with Crippen molar-refractivity contribution in [1.29, 1.82) is 0 Å². The molecule has 2 nitrogen and oxygen atoms in total. The minimum Gasteiger partial charge on any atom is -0.467 e. The zero-order chi connectivity index (χ0) is 13.4. The largest absolute Gasteiger partial charge is 0.467 e. The van der Waals surface area contributed by atoms with Crippen LogP contribution >= 0.6 is 27.3 Å². The van der Waals surface area contributed by atoms with Crippen LogP contribution < -0.4 is 5.32 Å². The summed E-state index contributed by atoms with van der Waals surface area (Å²) in [7, 11) is 1.97. The number of thiophene rings is 1. The number of nitrogens with one attached hydrogen (secondary N) is 1. The van der Waals surface area contributed by atoms with Crippen molar-refractivity contribution in [2.45, 2.75) is 13.0 Å². The summed E-state index contributed by atoms with van der Waals surface area (Å²) in [6.45, 7) is 2.08.